The van der Waals surface area contributed by atoms with Crippen molar-refractivity contribution in [3.63, 3.8) is 0 Å². The minimum atomic E-state index is -2.49. The van der Waals surface area contributed by atoms with Gasteiger partial charge in [0.1, 0.15) is 18.6 Å². The molecule has 109 valence electrons. The lowest BCUT2D eigenvalue weighted by Gasteiger charge is -2.04. The number of ether oxygens (including phenoxy) is 1. The maximum atomic E-state index is 12.5. The average molecular weight is 290 g/mol. The van der Waals surface area contributed by atoms with Crippen molar-refractivity contribution in [3.8, 4) is 5.75 Å². The molecule has 1 radical (unpaired) electrons. The molecule has 0 bridgehead atoms. The summed E-state index contributed by atoms with van der Waals surface area (Å²) in [5.74, 6) is 0.629. The third-order valence-corrected chi connectivity index (χ3v) is 2.77. The Balaban J connectivity index is 1.95. The summed E-state index contributed by atoms with van der Waals surface area (Å²) < 4.78 is 30.2. The summed E-state index contributed by atoms with van der Waals surface area (Å²) in [6.07, 6.45) is 0.209. The van der Waals surface area contributed by atoms with Crippen LogP contribution in [0.2, 0.25) is 0 Å². The molecule has 2 aromatic carbocycles. The summed E-state index contributed by atoms with van der Waals surface area (Å²) in [6.45, 7) is 0.0999. The lowest BCUT2D eigenvalue weighted by Crippen LogP contribution is -1.93. The number of hydrogen-bond acceptors (Lipinski definition) is 3. The zero-order chi connectivity index (χ0) is 15.1. The molecule has 0 aliphatic heterocycles. The van der Waals surface area contributed by atoms with Crippen LogP contribution in [-0.4, -0.2) is 13.3 Å². The van der Waals surface area contributed by atoms with Gasteiger partial charge in [-0.15, -0.1) is 0 Å². The van der Waals surface area contributed by atoms with E-state index in [1.54, 1.807) is 31.4 Å². The number of alkyl halides is 2. The fourth-order valence-corrected chi connectivity index (χ4v) is 1.74. The molecule has 21 heavy (non-hydrogen) atoms. The van der Waals surface area contributed by atoms with Crippen molar-refractivity contribution in [2.45, 2.75) is 13.0 Å². The number of methoxy groups -OCH3 is 1. The highest BCUT2D eigenvalue weighted by Gasteiger charge is 2.07. The highest BCUT2D eigenvalue weighted by molar-refractivity contribution is 5.82. The van der Waals surface area contributed by atoms with Crippen LogP contribution in [0.25, 0.3) is 0 Å². The minimum absolute atomic E-state index is 0.0335. The Bertz CT molecular complexity index is 615. The van der Waals surface area contributed by atoms with Crippen LogP contribution in [0.4, 0.5) is 8.78 Å². The maximum Gasteiger partial charge on any atom is 0.263 e. The van der Waals surface area contributed by atoms with Gasteiger partial charge < -0.3 is 9.57 Å². The van der Waals surface area contributed by atoms with Gasteiger partial charge in [0.2, 0.25) is 0 Å². The van der Waals surface area contributed by atoms with Crippen molar-refractivity contribution in [2.75, 3.05) is 7.11 Å². The quantitative estimate of drug-likeness (QED) is 0.593. The van der Waals surface area contributed by atoms with E-state index in [4.69, 9.17) is 9.57 Å². The Hall–Kier alpha value is -2.43. The molecule has 0 amide bonds. The lowest BCUT2D eigenvalue weighted by molar-refractivity contribution is 0.130. The molecule has 0 aromatic heterocycles. The molecule has 3 nitrogen and oxygen atoms in total. The van der Waals surface area contributed by atoms with Crippen LogP contribution in [0, 0.1) is 0 Å². The molecule has 0 saturated heterocycles. The first-order chi connectivity index (χ1) is 10.2. The zero-order valence-corrected chi connectivity index (χ0v) is 11.4. The van der Waals surface area contributed by atoms with Gasteiger partial charge in [0.25, 0.3) is 6.43 Å². The van der Waals surface area contributed by atoms with Crippen LogP contribution >= 0.6 is 0 Å². The monoisotopic (exact) mass is 290 g/mol. The first-order valence-electron chi connectivity index (χ1n) is 6.28. The first kappa shape index (κ1) is 15.0. The van der Waals surface area contributed by atoms with E-state index in [0.29, 0.717) is 16.9 Å². The van der Waals surface area contributed by atoms with Crippen molar-refractivity contribution in [1.82, 2.24) is 0 Å². The van der Waals surface area contributed by atoms with Gasteiger partial charge >= 0.3 is 0 Å². The second-order valence-electron chi connectivity index (χ2n) is 4.22. The van der Waals surface area contributed by atoms with Crippen LogP contribution < -0.4 is 4.74 Å². The SMILES string of the molecule is COc1ccccc1/[C]=N\OCc1cccc(C(F)F)c1. The van der Waals surface area contributed by atoms with E-state index >= 15 is 0 Å². The van der Waals surface area contributed by atoms with Crippen molar-refractivity contribution in [1.29, 1.82) is 0 Å². The number of hydrogen-bond donors (Lipinski definition) is 0. The van der Waals surface area contributed by atoms with E-state index in [1.165, 1.54) is 12.1 Å². The molecule has 5 heteroatoms. The molecule has 0 spiro atoms. The van der Waals surface area contributed by atoms with Gasteiger partial charge in [0, 0.05) is 11.1 Å². The van der Waals surface area contributed by atoms with Crippen LogP contribution in [-0.2, 0) is 11.4 Å². The largest absolute Gasteiger partial charge is 0.496 e. The van der Waals surface area contributed by atoms with Crippen molar-refractivity contribution >= 4 is 6.21 Å². The van der Waals surface area contributed by atoms with Crippen molar-refractivity contribution in [3.05, 3.63) is 65.2 Å². The topological polar surface area (TPSA) is 30.8 Å². The molecule has 0 atom stereocenters. The second kappa shape index (κ2) is 7.38. The zero-order valence-electron chi connectivity index (χ0n) is 11.4. The fourth-order valence-electron chi connectivity index (χ4n) is 1.74. The molecule has 0 aliphatic carbocycles. The van der Waals surface area contributed by atoms with E-state index in [0.717, 1.165) is 0 Å². The summed E-state index contributed by atoms with van der Waals surface area (Å²) in [7, 11) is 1.55. The van der Waals surface area contributed by atoms with Gasteiger partial charge in [-0.25, -0.2) is 8.78 Å². The number of nitrogens with zero attached hydrogens (tertiary/aromatic N) is 1. The number of benzene rings is 2. The number of halogens is 2. The summed E-state index contributed by atoms with van der Waals surface area (Å²) >= 11 is 0. The summed E-state index contributed by atoms with van der Waals surface area (Å²) in [5, 5.41) is 3.70. The predicted molar refractivity (Wildman–Crippen MR) is 75.7 cm³/mol. The number of rotatable bonds is 6. The van der Waals surface area contributed by atoms with Gasteiger partial charge in [0.15, 0.2) is 0 Å². The highest BCUT2D eigenvalue weighted by Crippen LogP contribution is 2.20. The fraction of sp³-hybridized carbons (Fsp3) is 0.188. The third kappa shape index (κ3) is 4.27. The Morgan fingerprint density at radius 1 is 1.14 bits per heavy atom. The van der Waals surface area contributed by atoms with Crippen molar-refractivity contribution < 1.29 is 18.4 Å². The molecule has 2 rings (SSSR count). The Morgan fingerprint density at radius 2 is 1.95 bits per heavy atom. The van der Waals surface area contributed by atoms with E-state index in [9.17, 15) is 8.78 Å². The lowest BCUT2D eigenvalue weighted by atomic mass is 10.1. The Labute approximate surface area is 121 Å². The van der Waals surface area contributed by atoms with Gasteiger partial charge in [-0.05, 0) is 23.8 Å². The Kier molecular flexibility index (Phi) is 5.26. The average Bonchev–Trinajstić information content (AvgIpc) is 2.52. The second-order valence-corrected chi connectivity index (χ2v) is 4.22. The Morgan fingerprint density at radius 3 is 2.71 bits per heavy atom. The van der Waals surface area contributed by atoms with Gasteiger partial charge in [-0.1, -0.05) is 35.5 Å². The molecule has 0 heterocycles. The van der Waals surface area contributed by atoms with Gasteiger partial charge in [-0.3, -0.25) is 0 Å². The van der Waals surface area contributed by atoms with E-state index in [-0.39, 0.29) is 12.2 Å². The van der Waals surface area contributed by atoms with Gasteiger partial charge in [0.05, 0.1) is 7.11 Å². The summed E-state index contributed by atoms with van der Waals surface area (Å²) in [5.41, 5.74) is 1.24. The smallest absolute Gasteiger partial charge is 0.263 e. The maximum absolute atomic E-state index is 12.5. The third-order valence-electron chi connectivity index (χ3n) is 2.77. The van der Waals surface area contributed by atoms with E-state index in [2.05, 4.69) is 11.4 Å². The molecule has 2 aromatic rings. The first-order valence-corrected chi connectivity index (χ1v) is 6.28. The van der Waals surface area contributed by atoms with Crippen LogP contribution in [0.3, 0.4) is 0 Å². The predicted octanol–water partition coefficient (Wildman–Crippen LogP) is 4.06. The van der Waals surface area contributed by atoms with Crippen molar-refractivity contribution in [2.24, 2.45) is 5.16 Å². The van der Waals surface area contributed by atoms with Gasteiger partial charge in [-0.2, -0.15) is 0 Å². The molecule has 0 aliphatic rings. The van der Waals surface area contributed by atoms with E-state index in [1.807, 2.05) is 12.1 Å². The highest BCUT2D eigenvalue weighted by atomic mass is 19.3. The standard InChI is InChI=1S/C16H14F2NO2/c1-20-15-8-3-2-6-14(15)10-19-21-11-12-5-4-7-13(9-12)16(17)18/h2-9,16H,11H2,1H3. The van der Waals surface area contributed by atoms with Crippen LogP contribution in [0.1, 0.15) is 23.1 Å². The molecule has 0 N–H and O–H groups in total. The summed E-state index contributed by atoms with van der Waals surface area (Å²) in [6, 6.07) is 13.3. The summed E-state index contributed by atoms with van der Waals surface area (Å²) in [4.78, 5) is 5.07. The van der Waals surface area contributed by atoms with Crippen LogP contribution in [0.15, 0.2) is 53.7 Å². The molecule has 0 unspecified atom stereocenters. The normalized spacial score (nSPS) is 11.0. The molecule has 0 saturated carbocycles. The molecule has 0 fully saturated rings. The number of para-hydroxylation sites is 1. The molecular weight excluding hydrogens is 276 g/mol. The minimum Gasteiger partial charge on any atom is -0.496 e. The van der Waals surface area contributed by atoms with E-state index < -0.39 is 6.43 Å². The van der Waals surface area contributed by atoms with Crippen LogP contribution in [0.5, 0.6) is 5.75 Å². The molecular formula is C16H14F2NO2.